The first-order valence-electron chi connectivity index (χ1n) is 13.3. The molecule has 0 spiro atoms. The van der Waals surface area contributed by atoms with Crippen LogP contribution in [-0.2, 0) is 4.74 Å². The number of ether oxygens (including phenoxy) is 2. The maximum atomic E-state index is 13.4. The van der Waals surface area contributed by atoms with Crippen LogP contribution < -0.4 is 10.1 Å². The van der Waals surface area contributed by atoms with Gasteiger partial charge in [0.05, 0.1) is 11.1 Å². The lowest BCUT2D eigenvalue weighted by molar-refractivity contribution is -0.0802. The molecular formula is C28H33ClF3N5O5S. The number of benzene rings is 1. The van der Waals surface area contributed by atoms with Crippen LogP contribution >= 0.6 is 23.4 Å². The van der Waals surface area contributed by atoms with Crippen molar-refractivity contribution in [3.05, 3.63) is 59.1 Å². The zero-order valence-corrected chi connectivity index (χ0v) is 25.7. The SMILES string of the molecule is CSCCC[C@H](c1nnc(OC/C=C/C(F)(F)F)o1)N(CCNC(=O)c1cnc2cc(Cl)ccc2c1)C(=O)OC(C)(C)C. The lowest BCUT2D eigenvalue weighted by Gasteiger charge is -2.32. The van der Waals surface area contributed by atoms with Gasteiger partial charge in [-0.05, 0) is 69.9 Å². The quantitative estimate of drug-likeness (QED) is 0.162. The summed E-state index contributed by atoms with van der Waals surface area (Å²) in [5.41, 5.74) is 0.150. The molecule has 0 radical (unpaired) electrons. The molecule has 2 amide bonds. The third kappa shape index (κ3) is 11.2. The summed E-state index contributed by atoms with van der Waals surface area (Å²) in [6, 6.07) is 6.09. The van der Waals surface area contributed by atoms with Gasteiger partial charge in [-0.3, -0.25) is 14.7 Å². The van der Waals surface area contributed by atoms with Gasteiger partial charge in [-0.1, -0.05) is 22.8 Å². The van der Waals surface area contributed by atoms with Gasteiger partial charge >= 0.3 is 18.3 Å². The molecule has 2 heterocycles. The van der Waals surface area contributed by atoms with Gasteiger partial charge in [0.1, 0.15) is 18.2 Å². The van der Waals surface area contributed by atoms with Gasteiger partial charge in [0.25, 0.3) is 5.91 Å². The van der Waals surface area contributed by atoms with E-state index in [1.54, 1.807) is 56.8 Å². The molecule has 1 N–H and O–H groups in total. The lowest BCUT2D eigenvalue weighted by atomic mass is 10.1. The molecule has 43 heavy (non-hydrogen) atoms. The van der Waals surface area contributed by atoms with E-state index >= 15 is 0 Å². The Morgan fingerprint density at radius 2 is 1.98 bits per heavy atom. The Morgan fingerprint density at radius 3 is 2.67 bits per heavy atom. The van der Waals surface area contributed by atoms with Crippen LogP contribution in [0.1, 0.15) is 55.9 Å². The standard InChI is InChI=1S/C28H33ClF3N5O5S/c1-27(2,3)42-26(39)37(12-11-33-23(38)19-15-18-8-9-20(29)16-21(18)34-17-19)22(7-5-14-43-4)24-35-36-25(41-24)40-13-6-10-28(30,31)32/h6,8-10,15-17,22H,5,7,11-14H2,1-4H3,(H,33,38)/b10-6+/t22-/m1/s1. The topological polar surface area (TPSA) is 120 Å². The summed E-state index contributed by atoms with van der Waals surface area (Å²) >= 11 is 7.63. The molecule has 0 bridgehead atoms. The fraction of sp³-hybridized carbons (Fsp3) is 0.464. The summed E-state index contributed by atoms with van der Waals surface area (Å²) in [4.78, 5) is 32.0. The van der Waals surface area contributed by atoms with Gasteiger partial charge in [-0.15, -0.1) is 5.10 Å². The molecule has 2 aromatic heterocycles. The molecule has 3 aromatic rings. The molecule has 0 aliphatic carbocycles. The molecule has 3 rings (SSSR count). The number of carbonyl (C=O) groups is 2. The van der Waals surface area contributed by atoms with Gasteiger partial charge in [0, 0.05) is 35.8 Å². The van der Waals surface area contributed by atoms with Crippen molar-refractivity contribution in [1.29, 1.82) is 0 Å². The van der Waals surface area contributed by atoms with Gasteiger partial charge < -0.3 is 19.2 Å². The van der Waals surface area contributed by atoms with Crippen molar-refractivity contribution in [2.24, 2.45) is 0 Å². The number of amides is 2. The smallest absolute Gasteiger partial charge is 0.415 e. The Morgan fingerprint density at radius 1 is 1.21 bits per heavy atom. The van der Waals surface area contributed by atoms with E-state index in [1.165, 1.54) is 11.1 Å². The fourth-order valence-electron chi connectivity index (χ4n) is 3.85. The van der Waals surface area contributed by atoms with Gasteiger partial charge in [-0.25, -0.2) is 4.79 Å². The van der Waals surface area contributed by atoms with Crippen molar-refractivity contribution in [2.75, 3.05) is 31.7 Å². The van der Waals surface area contributed by atoms with E-state index in [4.69, 9.17) is 25.5 Å². The van der Waals surface area contributed by atoms with Crippen LogP contribution in [0.5, 0.6) is 6.08 Å². The highest BCUT2D eigenvalue weighted by molar-refractivity contribution is 7.98. The second kappa shape index (κ2) is 15.3. The third-order valence-electron chi connectivity index (χ3n) is 5.69. The van der Waals surface area contributed by atoms with Crippen LogP contribution in [0, 0.1) is 0 Å². The van der Waals surface area contributed by atoms with Crippen molar-refractivity contribution in [3.63, 3.8) is 0 Å². The number of nitrogens with zero attached hydrogens (tertiary/aromatic N) is 4. The van der Waals surface area contributed by atoms with Crippen molar-refractivity contribution in [2.45, 2.75) is 51.4 Å². The van der Waals surface area contributed by atoms with Gasteiger partial charge in [-0.2, -0.15) is 24.9 Å². The highest BCUT2D eigenvalue weighted by Crippen LogP contribution is 2.29. The summed E-state index contributed by atoms with van der Waals surface area (Å²) in [5, 5.41) is 11.8. The first-order valence-corrected chi connectivity index (χ1v) is 15.1. The molecule has 15 heteroatoms. The fourth-order valence-corrected chi connectivity index (χ4v) is 4.48. The van der Waals surface area contributed by atoms with Crippen molar-refractivity contribution in [3.8, 4) is 6.08 Å². The van der Waals surface area contributed by atoms with Crippen molar-refractivity contribution in [1.82, 2.24) is 25.4 Å². The van der Waals surface area contributed by atoms with Crippen LogP contribution in [0.15, 0.2) is 47.0 Å². The number of nitrogens with one attached hydrogen (secondary N) is 1. The van der Waals surface area contributed by atoms with Crippen molar-refractivity contribution < 1.29 is 36.7 Å². The van der Waals surface area contributed by atoms with E-state index in [2.05, 4.69) is 20.5 Å². The molecule has 0 unspecified atom stereocenters. The number of allylic oxidation sites excluding steroid dienone is 1. The monoisotopic (exact) mass is 643 g/mol. The number of halogens is 4. The van der Waals surface area contributed by atoms with E-state index in [-0.39, 0.29) is 31.1 Å². The molecule has 1 aromatic carbocycles. The molecular weight excluding hydrogens is 611 g/mol. The van der Waals surface area contributed by atoms with E-state index in [0.29, 0.717) is 28.9 Å². The second-order valence-electron chi connectivity index (χ2n) is 10.3. The average Bonchev–Trinajstić information content (AvgIpc) is 3.39. The number of pyridine rings is 1. The van der Waals surface area contributed by atoms with Crippen LogP contribution in [0.3, 0.4) is 0 Å². The van der Waals surface area contributed by atoms with Crippen LogP contribution in [0.2, 0.25) is 5.02 Å². The minimum absolute atomic E-state index is 0.0190. The van der Waals surface area contributed by atoms with Crippen LogP contribution in [0.4, 0.5) is 18.0 Å². The number of rotatable bonds is 13. The molecule has 1 atom stereocenters. The summed E-state index contributed by atoms with van der Waals surface area (Å²) < 4.78 is 53.5. The maximum absolute atomic E-state index is 13.4. The maximum Gasteiger partial charge on any atom is 0.415 e. The number of hydrogen-bond acceptors (Lipinski definition) is 9. The van der Waals surface area contributed by atoms with E-state index < -0.39 is 36.4 Å². The summed E-state index contributed by atoms with van der Waals surface area (Å²) in [6.45, 7) is 4.79. The van der Waals surface area contributed by atoms with Gasteiger partial charge in [0.2, 0.25) is 5.89 Å². The third-order valence-corrected chi connectivity index (χ3v) is 6.63. The average molecular weight is 644 g/mol. The zero-order chi connectivity index (χ0) is 31.6. The largest absolute Gasteiger partial charge is 0.445 e. The second-order valence-corrected chi connectivity index (χ2v) is 11.7. The van der Waals surface area contributed by atoms with E-state index in [9.17, 15) is 22.8 Å². The lowest BCUT2D eigenvalue weighted by Crippen LogP contribution is -2.43. The molecule has 10 nitrogen and oxygen atoms in total. The number of alkyl halides is 3. The van der Waals surface area contributed by atoms with Crippen LogP contribution in [0.25, 0.3) is 10.9 Å². The minimum atomic E-state index is -4.48. The van der Waals surface area contributed by atoms with Crippen LogP contribution in [-0.4, -0.2) is 75.6 Å². The minimum Gasteiger partial charge on any atom is -0.445 e. The predicted octanol–water partition coefficient (Wildman–Crippen LogP) is 6.62. The summed E-state index contributed by atoms with van der Waals surface area (Å²) in [6.07, 6.45) is -0.235. The Balaban J connectivity index is 1.77. The number of thioether (sulfide) groups is 1. The number of fused-ring (bicyclic) bond motifs is 1. The highest BCUT2D eigenvalue weighted by atomic mass is 35.5. The Hall–Kier alpha value is -3.52. The van der Waals surface area contributed by atoms with E-state index in [0.717, 1.165) is 17.2 Å². The first-order chi connectivity index (χ1) is 20.3. The predicted molar refractivity (Wildman–Crippen MR) is 157 cm³/mol. The molecule has 234 valence electrons. The first kappa shape index (κ1) is 34.0. The molecule has 0 fully saturated rings. The number of aromatic nitrogens is 3. The zero-order valence-electron chi connectivity index (χ0n) is 24.1. The van der Waals surface area contributed by atoms with Gasteiger partial charge in [0.15, 0.2) is 0 Å². The normalized spacial score (nSPS) is 12.8. The Kier molecular flexibility index (Phi) is 12.1. The molecule has 0 aliphatic rings. The number of carbonyl (C=O) groups excluding carboxylic acids is 2. The van der Waals surface area contributed by atoms with Crippen molar-refractivity contribution >= 4 is 46.3 Å². The summed E-state index contributed by atoms with van der Waals surface area (Å²) in [5.74, 6) is 0.397. The Bertz CT molecular complexity index is 1410. The molecule has 0 saturated heterocycles. The molecule has 0 saturated carbocycles. The Labute approximate surface area is 256 Å². The number of hydrogen-bond donors (Lipinski definition) is 1. The highest BCUT2D eigenvalue weighted by Gasteiger charge is 2.33. The van der Waals surface area contributed by atoms with E-state index in [1.807, 2.05) is 6.26 Å². The molecule has 0 aliphatic heterocycles. The summed E-state index contributed by atoms with van der Waals surface area (Å²) in [7, 11) is 0.